The molecule has 35 heavy (non-hydrogen) atoms. The van der Waals surface area contributed by atoms with E-state index in [2.05, 4.69) is 21.0 Å². The van der Waals surface area contributed by atoms with Gasteiger partial charge in [0.2, 0.25) is 5.95 Å². The number of fused-ring (bicyclic) bond motifs is 1. The molecule has 0 radical (unpaired) electrons. The summed E-state index contributed by atoms with van der Waals surface area (Å²) < 4.78 is 7.45. The van der Waals surface area contributed by atoms with Gasteiger partial charge in [-0.25, -0.2) is 4.98 Å². The van der Waals surface area contributed by atoms with E-state index in [1.165, 1.54) is 0 Å². The van der Waals surface area contributed by atoms with Gasteiger partial charge in [0.25, 0.3) is 5.56 Å². The number of H-pyrrole nitrogens is 1. The normalized spacial score (nSPS) is 20.5. The molecule has 0 spiro atoms. The van der Waals surface area contributed by atoms with Crippen molar-refractivity contribution in [3.05, 3.63) is 87.5 Å². The van der Waals surface area contributed by atoms with Crippen molar-refractivity contribution in [3.8, 4) is 0 Å². The fraction of sp³-hybridized carbons (Fsp3) is 0.192. The number of nitrogens with two attached hydrogens (primary N) is 1. The van der Waals surface area contributed by atoms with E-state index in [1.54, 1.807) is 10.6 Å². The first-order chi connectivity index (χ1) is 17.0. The van der Waals surface area contributed by atoms with E-state index >= 15 is 0 Å². The third-order valence-corrected chi connectivity index (χ3v) is 5.90. The van der Waals surface area contributed by atoms with Crippen molar-refractivity contribution in [1.29, 1.82) is 0 Å². The third kappa shape index (κ3) is 4.78. The number of nitrogen functional groups attached to an aromatic ring is 1. The Morgan fingerprint density at radius 3 is 2.26 bits per heavy atom. The number of imidazole rings is 1. The largest absolute Gasteiger partial charge is 0.394 e. The summed E-state index contributed by atoms with van der Waals surface area (Å²) in [5, 5.41) is 19.7. The number of hydrogen-bond donors (Lipinski definition) is 4. The van der Waals surface area contributed by atoms with E-state index in [0.29, 0.717) is 5.82 Å². The first-order valence-electron chi connectivity index (χ1n) is 11.2. The maximum atomic E-state index is 12.4. The lowest BCUT2D eigenvalue weighted by molar-refractivity contribution is -0.0433. The second-order valence-electron chi connectivity index (χ2n) is 8.32. The minimum Gasteiger partial charge on any atom is -0.394 e. The molecular formula is C26H25N5O4. The molecule has 5 rings (SSSR count). The highest BCUT2D eigenvalue weighted by atomic mass is 16.5. The molecule has 1 fully saturated rings. The number of anilines is 1. The lowest BCUT2D eigenvalue weighted by Gasteiger charge is -2.15. The summed E-state index contributed by atoms with van der Waals surface area (Å²) in [6, 6.07) is 18.1. The SMILES string of the molecule is Nc1nc2c(nc(/C=C/c3ccc(/C=C/c4ccccc4)cc3)n2[C@H]2CC(O)[C@@H](CO)O2)c(=O)[nH]1. The van der Waals surface area contributed by atoms with Crippen LogP contribution in [0, 0.1) is 0 Å². The number of ether oxygens (including phenoxy) is 1. The van der Waals surface area contributed by atoms with Crippen molar-refractivity contribution in [2.75, 3.05) is 12.3 Å². The Morgan fingerprint density at radius 2 is 1.63 bits per heavy atom. The molecule has 9 nitrogen and oxygen atoms in total. The molecule has 178 valence electrons. The summed E-state index contributed by atoms with van der Waals surface area (Å²) >= 11 is 0. The molecule has 0 aliphatic carbocycles. The van der Waals surface area contributed by atoms with Crippen LogP contribution in [0.4, 0.5) is 5.95 Å². The van der Waals surface area contributed by atoms with Crippen molar-refractivity contribution < 1.29 is 14.9 Å². The molecule has 0 bridgehead atoms. The number of rotatable bonds is 6. The quantitative estimate of drug-likeness (QED) is 0.317. The van der Waals surface area contributed by atoms with E-state index in [-0.39, 0.29) is 30.1 Å². The van der Waals surface area contributed by atoms with Gasteiger partial charge in [0.05, 0.1) is 12.7 Å². The number of nitrogens with one attached hydrogen (secondary N) is 1. The molecule has 9 heteroatoms. The first-order valence-corrected chi connectivity index (χ1v) is 11.2. The van der Waals surface area contributed by atoms with E-state index in [9.17, 15) is 15.0 Å². The third-order valence-electron chi connectivity index (χ3n) is 5.90. The number of nitrogens with zero attached hydrogens (tertiary/aromatic N) is 3. The van der Waals surface area contributed by atoms with Crippen LogP contribution < -0.4 is 11.3 Å². The van der Waals surface area contributed by atoms with Gasteiger partial charge in [0.1, 0.15) is 18.2 Å². The van der Waals surface area contributed by atoms with Crippen LogP contribution >= 0.6 is 0 Å². The van der Waals surface area contributed by atoms with E-state index in [0.717, 1.165) is 16.7 Å². The second-order valence-corrected chi connectivity index (χ2v) is 8.32. The Labute approximate surface area is 200 Å². The lowest BCUT2D eigenvalue weighted by Crippen LogP contribution is -2.24. The molecule has 2 aromatic heterocycles. The van der Waals surface area contributed by atoms with Gasteiger partial charge in [-0.05, 0) is 22.8 Å². The van der Waals surface area contributed by atoms with Gasteiger partial charge in [-0.15, -0.1) is 0 Å². The summed E-state index contributed by atoms with van der Waals surface area (Å²) in [6.07, 6.45) is 5.70. The number of aromatic nitrogens is 4. The number of benzene rings is 2. The van der Waals surface area contributed by atoms with Crippen molar-refractivity contribution >= 4 is 41.4 Å². The van der Waals surface area contributed by atoms with Gasteiger partial charge in [-0.2, -0.15) is 4.98 Å². The highest BCUT2D eigenvalue weighted by molar-refractivity contribution is 5.77. The first kappa shape index (κ1) is 22.7. The van der Waals surface area contributed by atoms with Crippen LogP contribution in [-0.2, 0) is 4.74 Å². The maximum absolute atomic E-state index is 12.4. The van der Waals surface area contributed by atoms with Gasteiger partial charge >= 0.3 is 0 Å². The molecule has 2 aromatic carbocycles. The molecule has 3 atom stereocenters. The maximum Gasteiger partial charge on any atom is 0.280 e. The Kier molecular flexibility index (Phi) is 6.28. The average Bonchev–Trinajstić information content (AvgIpc) is 3.42. The van der Waals surface area contributed by atoms with Crippen molar-refractivity contribution in [2.45, 2.75) is 24.9 Å². The fourth-order valence-electron chi connectivity index (χ4n) is 4.10. The number of aliphatic hydroxyl groups excluding tert-OH is 2. The predicted molar refractivity (Wildman–Crippen MR) is 135 cm³/mol. The zero-order valence-electron chi connectivity index (χ0n) is 18.8. The highest BCUT2D eigenvalue weighted by Gasteiger charge is 2.36. The van der Waals surface area contributed by atoms with Crippen LogP contribution in [0.3, 0.4) is 0 Å². The van der Waals surface area contributed by atoms with E-state index in [1.807, 2.05) is 66.7 Å². The van der Waals surface area contributed by atoms with Crippen LogP contribution in [0.5, 0.6) is 0 Å². The molecule has 1 aliphatic heterocycles. The fourth-order valence-corrected chi connectivity index (χ4v) is 4.10. The molecule has 0 amide bonds. The second kappa shape index (κ2) is 9.67. The molecule has 1 aliphatic rings. The van der Waals surface area contributed by atoms with Crippen molar-refractivity contribution in [2.24, 2.45) is 0 Å². The van der Waals surface area contributed by atoms with Gasteiger partial charge < -0.3 is 20.7 Å². The predicted octanol–water partition coefficient (Wildman–Crippen LogP) is 2.68. The minimum atomic E-state index is -0.852. The number of hydrogen-bond acceptors (Lipinski definition) is 7. The van der Waals surface area contributed by atoms with Gasteiger partial charge in [-0.1, -0.05) is 72.8 Å². The Hall–Kier alpha value is -4.05. The Morgan fingerprint density at radius 1 is 1.00 bits per heavy atom. The van der Waals surface area contributed by atoms with Gasteiger partial charge in [0.15, 0.2) is 11.2 Å². The summed E-state index contributed by atoms with van der Waals surface area (Å²) in [4.78, 5) is 23.6. The smallest absolute Gasteiger partial charge is 0.280 e. The Bertz CT molecular complexity index is 1440. The van der Waals surface area contributed by atoms with Crippen molar-refractivity contribution in [3.63, 3.8) is 0 Å². The summed E-state index contributed by atoms with van der Waals surface area (Å²) in [6.45, 7) is -0.323. The lowest BCUT2D eigenvalue weighted by atomic mass is 10.1. The van der Waals surface area contributed by atoms with Crippen LogP contribution in [0.15, 0.2) is 59.4 Å². The zero-order valence-corrected chi connectivity index (χ0v) is 18.8. The molecule has 3 heterocycles. The van der Waals surface area contributed by atoms with E-state index < -0.39 is 24.0 Å². The topological polar surface area (TPSA) is 139 Å². The molecule has 1 saturated heterocycles. The summed E-state index contributed by atoms with van der Waals surface area (Å²) in [5.74, 6) is 0.378. The molecule has 0 saturated carbocycles. The van der Waals surface area contributed by atoms with Crippen LogP contribution in [0.2, 0.25) is 0 Å². The molecule has 4 aromatic rings. The van der Waals surface area contributed by atoms with Gasteiger partial charge in [-0.3, -0.25) is 14.3 Å². The number of aromatic amines is 1. The Balaban J connectivity index is 1.45. The van der Waals surface area contributed by atoms with E-state index in [4.69, 9.17) is 10.5 Å². The minimum absolute atomic E-state index is 0.0458. The zero-order chi connectivity index (χ0) is 24.4. The molecular weight excluding hydrogens is 446 g/mol. The highest BCUT2D eigenvalue weighted by Crippen LogP contribution is 2.32. The summed E-state index contributed by atoms with van der Waals surface area (Å²) in [5.41, 5.74) is 8.79. The van der Waals surface area contributed by atoms with Crippen LogP contribution in [0.1, 0.15) is 35.2 Å². The van der Waals surface area contributed by atoms with Crippen LogP contribution in [0.25, 0.3) is 35.5 Å². The van der Waals surface area contributed by atoms with Crippen LogP contribution in [-0.4, -0.2) is 48.5 Å². The monoisotopic (exact) mass is 471 g/mol. The number of aliphatic hydroxyl groups is 2. The average molecular weight is 472 g/mol. The van der Waals surface area contributed by atoms with Gasteiger partial charge in [0, 0.05) is 6.42 Å². The molecule has 5 N–H and O–H groups in total. The standard InChI is InChI=1S/C26H25N5O4/c27-26-29-24-23(25(34)30-26)28-21(31(24)22-14-19(33)20(15-32)35-22)13-12-18-10-8-17(9-11-18)7-6-16-4-2-1-3-5-16/h1-13,19-20,22,32-33H,14-15H2,(H3,27,29,30,34)/b7-6+,13-12+/t19?,20-,22-/m1/s1. The summed E-state index contributed by atoms with van der Waals surface area (Å²) in [7, 11) is 0. The van der Waals surface area contributed by atoms with Crippen molar-refractivity contribution in [1.82, 2.24) is 19.5 Å². The molecule has 1 unspecified atom stereocenters.